The van der Waals surface area contributed by atoms with Crippen molar-refractivity contribution in [1.29, 1.82) is 0 Å². The van der Waals surface area contributed by atoms with Crippen LogP contribution in [-0.2, 0) is 22.5 Å². The van der Waals surface area contributed by atoms with Crippen molar-refractivity contribution in [2.45, 2.75) is 50.6 Å². The molecule has 3 heterocycles. The number of carbonyl (C=O) groups is 1. The molecule has 8 nitrogen and oxygen atoms in total. The number of aromatic nitrogens is 3. The summed E-state index contributed by atoms with van der Waals surface area (Å²) in [5.74, 6) is 0.248. The molecule has 1 saturated heterocycles. The normalized spacial score (nSPS) is 16.4. The highest BCUT2D eigenvalue weighted by molar-refractivity contribution is 5.82. The fourth-order valence-electron chi connectivity index (χ4n) is 5.72. The molecule has 1 aliphatic rings. The van der Waals surface area contributed by atoms with E-state index in [9.17, 15) is 9.18 Å². The number of nitrogens with zero attached hydrogens (tertiary/aromatic N) is 4. The number of likely N-dealkylation sites (tertiary alicyclic amines) is 1. The number of hydrogen-bond acceptors (Lipinski definition) is 6. The number of nitrogen functional groups attached to an aromatic ring is 1. The Labute approximate surface area is 234 Å². The Morgan fingerprint density at radius 3 is 2.67 bits per heavy atom. The number of aryl methyl sites for hydroxylation is 1. The van der Waals surface area contributed by atoms with Gasteiger partial charge >= 0.3 is 0 Å². The molecule has 2 aromatic carbocycles. The fourth-order valence-corrected chi connectivity index (χ4v) is 5.72. The van der Waals surface area contributed by atoms with Crippen LogP contribution in [0.5, 0.6) is 0 Å². The van der Waals surface area contributed by atoms with E-state index in [0.717, 1.165) is 60.3 Å². The first-order valence-corrected chi connectivity index (χ1v) is 13.9. The Morgan fingerprint density at radius 1 is 1.15 bits per heavy atom. The number of carbonyl (C=O) groups excluding carboxylic acids is 1. The lowest BCUT2D eigenvalue weighted by atomic mass is 9.93. The molecule has 0 spiro atoms. The molecular weight excluding hydrogens is 507 g/mol. The number of benzene rings is 2. The second-order valence-corrected chi connectivity index (χ2v) is 10.6. The molecule has 1 fully saturated rings. The maximum atomic E-state index is 14.7. The van der Waals surface area contributed by atoms with Gasteiger partial charge in [-0.3, -0.25) is 4.79 Å². The van der Waals surface area contributed by atoms with E-state index in [-0.39, 0.29) is 36.1 Å². The number of fused-ring (bicyclic) bond motifs is 1. The highest BCUT2D eigenvalue weighted by Gasteiger charge is 2.28. The molecule has 4 aromatic rings. The molecule has 5 rings (SSSR count). The molecule has 210 valence electrons. The third-order valence-electron chi connectivity index (χ3n) is 7.74. The molecule has 40 heavy (non-hydrogen) atoms. The summed E-state index contributed by atoms with van der Waals surface area (Å²) in [6.45, 7) is 2.72. The zero-order chi connectivity index (χ0) is 28.1. The van der Waals surface area contributed by atoms with Gasteiger partial charge in [-0.15, -0.1) is 0 Å². The first-order chi connectivity index (χ1) is 19.4. The molecule has 9 heteroatoms. The van der Waals surface area contributed by atoms with Crippen LogP contribution in [0.2, 0.25) is 0 Å². The average molecular weight is 545 g/mol. The third kappa shape index (κ3) is 6.32. The van der Waals surface area contributed by atoms with Crippen molar-refractivity contribution in [3.8, 4) is 11.1 Å². The van der Waals surface area contributed by atoms with E-state index in [1.807, 2.05) is 41.3 Å². The number of amides is 1. The highest BCUT2D eigenvalue weighted by Crippen LogP contribution is 2.33. The van der Waals surface area contributed by atoms with Crippen LogP contribution in [-0.4, -0.2) is 58.2 Å². The molecule has 0 radical (unpaired) electrons. The smallest absolute Gasteiger partial charge is 0.224 e. The molecule has 4 N–H and O–H groups in total. The van der Waals surface area contributed by atoms with Gasteiger partial charge in [-0.25, -0.2) is 14.4 Å². The summed E-state index contributed by atoms with van der Waals surface area (Å²) < 4.78 is 22.1. The standard InChI is InChI=1S/C31H37FN6O2/c1-40-14-4-13-38-28-7-2-6-27(32)26(28)17-29(38)23-5-3-12-37(20-23)30(39)16-25(33)15-21-8-10-22(11-9-21)24-18-35-31(34)36-19-24/h2,6-11,17-19,23,25H,3-5,12-16,20,33H2,1H3,(H2,34,35,36)/t23?,25-/m1/s1. The van der Waals surface area contributed by atoms with Crippen molar-refractivity contribution >= 4 is 22.8 Å². The zero-order valence-corrected chi connectivity index (χ0v) is 22.9. The van der Waals surface area contributed by atoms with Gasteiger partial charge in [0.2, 0.25) is 11.9 Å². The molecule has 1 amide bonds. The van der Waals surface area contributed by atoms with Crippen molar-refractivity contribution in [3.63, 3.8) is 0 Å². The van der Waals surface area contributed by atoms with Crippen LogP contribution in [0.25, 0.3) is 22.0 Å². The van der Waals surface area contributed by atoms with Gasteiger partial charge in [-0.05, 0) is 55.0 Å². The van der Waals surface area contributed by atoms with Crippen molar-refractivity contribution < 1.29 is 13.9 Å². The number of hydrogen-bond donors (Lipinski definition) is 2. The topological polar surface area (TPSA) is 112 Å². The molecule has 2 aromatic heterocycles. The minimum atomic E-state index is -0.284. The largest absolute Gasteiger partial charge is 0.385 e. The van der Waals surface area contributed by atoms with Gasteiger partial charge in [-0.2, -0.15) is 0 Å². The minimum Gasteiger partial charge on any atom is -0.385 e. The molecule has 0 saturated carbocycles. The van der Waals surface area contributed by atoms with Gasteiger partial charge < -0.3 is 25.7 Å². The Hall–Kier alpha value is -3.82. The van der Waals surface area contributed by atoms with Crippen LogP contribution in [0.3, 0.4) is 0 Å². The molecular formula is C31H37FN6O2. The fraction of sp³-hybridized carbons (Fsp3) is 0.387. The summed E-state index contributed by atoms with van der Waals surface area (Å²) in [6, 6.07) is 15.0. The van der Waals surface area contributed by atoms with E-state index in [4.69, 9.17) is 16.2 Å². The number of ether oxygens (including phenoxy) is 1. The Balaban J connectivity index is 1.22. The van der Waals surface area contributed by atoms with Crippen LogP contribution in [0, 0.1) is 5.82 Å². The van der Waals surface area contributed by atoms with Crippen LogP contribution >= 0.6 is 0 Å². The lowest BCUT2D eigenvalue weighted by molar-refractivity contribution is -0.132. The van der Waals surface area contributed by atoms with Crippen LogP contribution in [0.4, 0.5) is 10.3 Å². The molecule has 2 atom stereocenters. The minimum absolute atomic E-state index is 0.0704. The Bertz CT molecular complexity index is 1440. The lowest BCUT2D eigenvalue weighted by Crippen LogP contribution is -2.42. The molecule has 1 aliphatic heterocycles. The summed E-state index contributed by atoms with van der Waals surface area (Å²) >= 11 is 0. The van der Waals surface area contributed by atoms with E-state index in [2.05, 4.69) is 14.5 Å². The Kier molecular flexibility index (Phi) is 8.72. The summed E-state index contributed by atoms with van der Waals surface area (Å²) in [4.78, 5) is 23.3. The van der Waals surface area contributed by atoms with E-state index in [1.165, 1.54) is 6.07 Å². The summed E-state index contributed by atoms with van der Waals surface area (Å²) in [7, 11) is 1.69. The number of halogens is 1. The first-order valence-electron chi connectivity index (χ1n) is 13.9. The Morgan fingerprint density at radius 2 is 1.93 bits per heavy atom. The third-order valence-corrected chi connectivity index (χ3v) is 7.74. The van der Waals surface area contributed by atoms with Gasteiger partial charge in [-0.1, -0.05) is 30.3 Å². The van der Waals surface area contributed by atoms with Crippen molar-refractivity contribution in [3.05, 3.63) is 78.0 Å². The second-order valence-electron chi connectivity index (χ2n) is 10.6. The first kappa shape index (κ1) is 27.7. The predicted molar refractivity (Wildman–Crippen MR) is 155 cm³/mol. The monoisotopic (exact) mass is 544 g/mol. The number of methoxy groups -OCH3 is 1. The number of nitrogens with two attached hydrogens (primary N) is 2. The summed E-state index contributed by atoms with van der Waals surface area (Å²) in [6.07, 6.45) is 6.99. The van der Waals surface area contributed by atoms with Gasteiger partial charge in [0.25, 0.3) is 0 Å². The summed E-state index contributed by atoms with van der Waals surface area (Å²) in [5, 5.41) is 0.635. The molecule has 1 unspecified atom stereocenters. The van der Waals surface area contributed by atoms with Gasteiger partial charge in [0, 0.05) is 80.8 Å². The van der Waals surface area contributed by atoms with Crippen LogP contribution < -0.4 is 11.5 Å². The summed E-state index contributed by atoms with van der Waals surface area (Å²) in [5.41, 5.74) is 17.0. The lowest BCUT2D eigenvalue weighted by Gasteiger charge is -2.34. The number of anilines is 1. The van der Waals surface area contributed by atoms with Gasteiger partial charge in [0.1, 0.15) is 5.82 Å². The van der Waals surface area contributed by atoms with E-state index in [0.29, 0.717) is 25.0 Å². The predicted octanol–water partition coefficient (Wildman–Crippen LogP) is 4.52. The highest BCUT2D eigenvalue weighted by atomic mass is 19.1. The van der Waals surface area contributed by atoms with E-state index < -0.39 is 0 Å². The quantitative estimate of drug-likeness (QED) is 0.284. The number of rotatable bonds is 10. The maximum Gasteiger partial charge on any atom is 0.224 e. The maximum absolute atomic E-state index is 14.7. The SMILES string of the molecule is COCCCn1c(C2CCCN(C(=O)C[C@H](N)Cc3ccc(-c4cnc(N)nc4)cc3)C2)cc2c(F)cccc21. The van der Waals surface area contributed by atoms with E-state index >= 15 is 0 Å². The van der Waals surface area contributed by atoms with Crippen LogP contribution in [0.15, 0.2) is 60.9 Å². The van der Waals surface area contributed by atoms with Gasteiger partial charge in [0.15, 0.2) is 0 Å². The second kappa shape index (κ2) is 12.6. The molecule has 0 aliphatic carbocycles. The number of piperidine rings is 1. The van der Waals surface area contributed by atoms with Crippen molar-refractivity contribution in [2.24, 2.45) is 5.73 Å². The zero-order valence-electron chi connectivity index (χ0n) is 22.9. The van der Waals surface area contributed by atoms with Gasteiger partial charge in [0.05, 0.1) is 5.52 Å². The average Bonchev–Trinajstić information content (AvgIpc) is 3.34. The van der Waals surface area contributed by atoms with Crippen molar-refractivity contribution in [2.75, 3.05) is 32.5 Å². The molecule has 0 bridgehead atoms. The van der Waals surface area contributed by atoms with E-state index in [1.54, 1.807) is 25.6 Å². The van der Waals surface area contributed by atoms with Crippen molar-refractivity contribution in [1.82, 2.24) is 19.4 Å². The van der Waals surface area contributed by atoms with Crippen LogP contribution in [0.1, 0.15) is 42.9 Å².